The van der Waals surface area contributed by atoms with Gasteiger partial charge >= 0.3 is 0 Å². The maximum absolute atomic E-state index is 13.0. The zero-order valence-electron chi connectivity index (χ0n) is 15.4. The van der Waals surface area contributed by atoms with Crippen molar-refractivity contribution in [3.05, 3.63) is 61.2 Å². The van der Waals surface area contributed by atoms with Gasteiger partial charge in [0.15, 0.2) is 0 Å². The lowest BCUT2D eigenvalue weighted by Gasteiger charge is -2.34. The normalized spacial score (nSPS) is 15.8. The first-order valence-corrected chi connectivity index (χ1v) is 10.7. The molecular formula is C20H22N4O3S. The molecule has 2 aromatic carbocycles. The number of imidazole rings is 1. The molecule has 0 unspecified atom stereocenters. The molecule has 0 saturated carbocycles. The molecule has 2 heterocycles. The fourth-order valence-corrected chi connectivity index (χ4v) is 4.91. The highest BCUT2D eigenvalue weighted by molar-refractivity contribution is 7.89. The molecule has 1 fully saturated rings. The van der Waals surface area contributed by atoms with E-state index in [4.69, 9.17) is 0 Å². The number of hydrogen-bond donors (Lipinski definition) is 0. The second-order valence-corrected chi connectivity index (χ2v) is 8.78. The van der Waals surface area contributed by atoms with Crippen molar-refractivity contribution in [2.45, 2.75) is 17.9 Å². The van der Waals surface area contributed by atoms with Gasteiger partial charge in [0, 0.05) is 51.5 Å². The van der Waals surface area contributed by atoms with E-state index in [2.05, 4.69) is 4.98 Å². The Bertz CT molecular complexity index is 1070. The molecule has 28 heavy (non-hydrogen) atoms. The quantitative estimate of drug-likeness (QED) is 0.658. The van der Waals surface area contributed by atoms with Crippen LogP contribution in [0.25, 0.3) is 10.8 Å². The third kappa shape index (κ3) is 3.79. The van der Waals surface area contributed by atoms with Gasteiger partial charge in [-0.25, -0.2) is 13.4 Å². The number of carbonyl (C=O) groups excluding carboxylic acids is 1. The molecule has 1 amide bonds. The molecule has 8 heteroatoms. The smallest absolute Gasteiger partial charge is 0.243 e. The number of aryl methyl sites for hydroxylation is 1. The number of piperazine rings is 1. The molecule has 0 bridgehead atoms. The average Bonchev–Trinajstić information content (AvgIpc) is 3.25. The number of sulfonamides is 1. The molecule has 1 aliphatic heterocycles. The summed E-state index contributed by atoms with van der Waals surface area (Å²) in [6.07, 6.45) is 5.57. The second kappa shape index (κ2) is 7.73. The number of aromatic nitrogens is 2. The van der Waals surface area contributed by atoms with Crippen molar-refractivity contribution >= 4 is 26.7 Å². The molecule has 4 rings (SSSR count). The number of carbonyl (C=O) groups is 1. The van der Waals surface area contributed by atoms with Crippen LogP contribution in [0.3, 0.4) is 0 Å². The van der Waals surface area contributed by atoms with Crippen LogP contribution in [0, 0.1) is 0 Å². The Kier molecular flexibility index (Phi) is 5.15. The summed E-state index contributed by atoms with van der Waals surface area (Å²) in [5.74, 6) is 0.0384. The Labute approximate surface area is 164 Å². The molecule has 1 aromatic heterocycles. The van der Waals surface area contributed by atoms with Crippen molar-refractivity contribution < 1.29 is 13.2 Å². The van der Waals surface area contributed by atoms with E-state index in [0.29, 0.717) is 44.0 Å². The number of nitrogens with zero attached hydrogens (tertiary/aromatic N) is 4. The van der Waals surface area contributed by atoms with Crippen LogP contribution in [0.15, 0.2) is 66.1 Å². The summed E-state index contributed by atoms with van der Waals surface area (Å²) in [5.41, 5.74) is 0. The van der Waals surface area contributed by atoms with E-state index in [1.54, 1.807) is 29.6 Å². The van der Waals surface area contributed by atoms with Gasteiger partial charge in [0.25, 0.3) is 0 Å². The third-order valence-electron chi connectivity index (χ3n) is 5.09. The maximum atomic E-state index is 13.0. The highest BCUT2D eigenvalue weighted by atomic mass is 32.2. The lowest BCUT2D eigenvalue weighted by atomic mass is 10.1. The van der Waals surface area contributed by atoms with Crippen LogP contribution in [0.5, 0.6) is 0 Å². The van der Waals surface area contributed by atoms with Crippen molar-refractivity contribution in [2.75, 3.05) is 26.2 Å². The second-order valence-electron chi connectivity index (χ2n) is 6.84. The summed E-state index contributed by atoms with van der Waals surface area (Å²) in [6, 6.07) is 12.9. The molecule has 0 N–H and O–H groups in total. The summed E-state index contributed by atoms with van der Waals surface area (Å²) in [5, 5.41) is 1.91. The number of fused-ring (bicyclic) bond motifs is 1. The van der Waals surface area contributed by atoms with Crippen LogP contribution in [0.2, 0.25) is 0 Å². The maximum Gasteiger partial charge on any atom is 0.243 e. The van der Waals surface area contributed by atoms with Gasteiger partial charge < -0.3 is 9.47 Å². The number of hydrogen-bond acceptors (Lipinski definition) is 4. The number of amides is 1. The van der Waals surface area contributed by atoms with Gasteiger partial charge in [0.05, 0.1) is 11.2 Å². The fourth-order valence-electron chi connectivity index (χ4n) is 3.46. The van der Waals surface area contributed by atoms with Gasteiger partial charge in [-0.05, 0) is 22.9 Å². The summed E-state index contributed by atoms with van der Waals surface area (Å²) in [7, 11) is -3.57. The van der Waals surface area contributed by atoms with E-state index >= 15 is 0 Å². The van der Waals surface area contributed by atoms with E-state index in [1.165, 1.54) is 4.31 Å². The third-order valence-corrected chi connectivity index (χ3v) is 6.99. The van der Waals surface area contributed by atoms with Crippen molar-refractivity contribution in [3.8, 4) is 0 Å². The molecule has 7 nitrogen and oxygen atoms in total. The average molecular weight is 398 g/mol. The fraction of sp³-hybridized carbons (Fsp3) is 0.300. The van der Waals surface area contributed by atoms with Crippen molar-refractivity contribution in [3.63, 3.8) is 0 Å². The Hall–Kier alpha value is -2.71. The molecule has 0 atom stereocenters. The Morgan fingerprint density at radius 2 is 1.75 bits per heavy atom. The monoisotopic (exact) mass is 398 g/mol. The van der Waals surface area contributed by atoms with Gasteiger partial charge in [-0.3, -0.25) is 4.79 Å². The first-order chi connectivity index (χ1) is 13.5. The van der Waals surface area contributed by atoms with E-state index in [-0.39, 0.29) is 5.91 Å². The Balaban J connectivity index is 1.39. The molecule has 3 aromatic rings. The van der Waals surface area contributed by atoms with E-state index in [0.717, 1.165) is 10.8 Å². The minimum Gasteiger partial charge on any atom is -0.340 e. The zero-order valence-corrected chi connectivity index (χ0v) is 16.3. The van der Waals surface area contributed by atoms with Crippen LogP contribution in [0.4, 0.5) is 0 Å². The van der Waals surface area contributed by atoms with Gasteiger partial charge in [0.1, 0.15) is 0 Å². The van der Waals surface area contributed by atoms with Crippen LogP contribution in [-0.4, -0.2) is 59.3 Å². The van der Waals surface area contributed by atoms with Gasteiger partial charge in [-0.2, -0.15) is 4.31 Å². The van der Waals surface area contributed by atoms with Crippen molar-refractivity contribution in [2.24, 2.45) is 0 Å². The molecule has 1 aliphatic rings. The van der Waals surface area contributed by atoms with Crippen LogP contribution in [0.1, 0.15) is 6.42 Å². The lowest BCUT2D eigenvalue weighted by molar-refractivity contribution is -0.132. The van der Waals surface area contributed by atoms with Crippen LogP contribution in [-0.2, 0) is 21.4 Å². The summed E-state index contributed by atoms with van der Waals surface area (Å²) in [4.78, 5) is 18.4. The highest BCUT2D eigenvalue weighted by Crippen LogP contribution is 2.23. The molecular weight excluding hydrogens is 376 g/mol. The number of benzene rings is 2. The molecule has 0 radical (unpaired) electrons. The van der Waals surface area contributed by atoms with E-state index in [9.17, 15) is 13.2 Å². The summed E-state index contributed by atoms with van der Waals surface area (Å²) in [6.45, 7) is 2.03. The van der Waals surface area contributed by atoms with Crippen LogP contribution < -0.4 is 0 Å². The highest BCUT2D eigenvalue weighted by Gasteiger charge is 2.30. The van der Waals surface area contributed by atoms with Crippen LogP contribution >= 0.6 is 0 Å². The first kappa shape index (κ1) is 18.6. The molecule has 146 valence electrons. The van der Waals surface area contributed by atoms with Crippen molar-refractivity contribution in [1.29, 1.82) is 0 Å². The number of rotatable bonds is 5. The Morgan fingerprint density at radius 3 is 2.46 bits per heavy atom. The standard InChI is InChI=1S/C20H22N4O3S/c25-20(7-9-22-10-8-21-16-22)23-11-13-24(14-12-23)28(26,27)19-6-5-17-3-1-2-4-18(17)15-19/h1-6,8,10,15-16H,7,9,11-14H2. The SMILES string of the molecule is O=C(CCn1ccnc1)N1CCN(S(=O)(=O)c2ccc3ccccc3c2)CC1. The molecule has 0 spiro atoms. The molecule has 0 aliphatic carbocycles. The predicted molar refractivity (Wildman–Crippen MR) is 106 cm³/mol. The van der Waals surface area contributed by atoms with E-state index < -0.39 is 10.0 Å². The first-order valence-electron chi connectivity index (χ1n) is 9.26. The minimum atomic E-state index is -3.57. The van der Waals surface area contributed by atoms with E-state index in [1.807, 2.05) is 41.1 Å². The minimum absolute atomic E-state index is 0.0384. The topological polar surface area (TPSA) is 75.5 Å². The summed E-state index contributed by atoms with van der Waals surface area (Å²) >= 11 is 0. The summed E-state index contributed by atoms with van der Waals surface area (Å²) < 4.78 is 29.3. The Morgan fingerprint density at radius 1 is 1.00 bits per heavy atom. The largest absolute Gasteiger partial charge is 0.340 e. The predicted octanol–water partition coefficient (Wildman–Crippen LogP) is 1.96. The lowest BCUT2D eigenvalue weighted by Crippen LogP contribution is -2.50. The van der Waals surface area contributed by atoms with Gasteiger partial charge in [-0.15, -0.1) is 0 Å². The molecule has 1 saturated heterocycles. The van der Waals surface area contributed by atoms with Gasteiger partial charge in [0.2, 0.25) is 15.9 Å². The van der Waals surface area contributed by atoms with Gasteiger partial charge in [-0.1, -0.05) is 30.3 Å². The zero-order chi connectivity index (χ0) is 19.6. The van der Waals surface area contributed by atoms with Crippen molar-refractivity contribution in [1.82, 2.24) is 18.8 Å².